The molecule has 0 atom stereocenters. The molecule has 19 heavy (non-hydrogen) atoms. The number of ether oxygens (including phenoxy) is 1. The van der Waals surface area contributed by atoms with Crippen LogP contribution in [0.2, 0.25) is 0 Å². The third kappa shape index (κ3) is 3.02. The monoisotopic (exact) mass is 284 g/mol. The number of para-hydroxylation sites is 1. The van der Waals surface area contributed by atoms with E-state index < -0.39 is 9.84 Å². The number of aromatic hydroxyl groups is 1. The Kier molecular flexibility index (Phi) is 3.43. The topological polar surface area (TPSA) is 103 Å². The highest BCUT2D eigenvalue weighted by Crippen LogP contribution is 2.35. The van der Waals surface area contributed by atoms with E-state index in [0.717, 1.165) is 6.26 Å². The molecule has 1 N–H and O–H groups in total. The van der Waals surface area contributed by atoms with E-state index in [1.165, 1.54) is 7.11 Å². The molecule has 1 heterocycles. The molecule has 0 aliphatic carbocycles. The van der Waals surface area contributed by atoms with Crippen LogP contribution < -0.4 is 4.74 Å². The van der Waals surface area contributed by atoms with E-state index in [2.05, 4.69) is 10.1 Å². The lowest BCUT2D eigenvalue weighted by Gasteiger charge is -2.04. The smallest absolute Gasteiger partial charge is 0.261 e. The predicted molar refractivity (Wildman–Crippen MR) is 66.5 cm³/mol. The Morgan fingerprint density at radius 3 is 2.79 bits per heavy atom. The average molecular weight is 284 g/mol. The maximum atomic E-state index is 11.1. The third-order valence-corrected chi connectivity index (χ3v) is 3.09. The molecule has 0 saturated carbocycles. The Morgan fingerprint density at radius 1 is 1.42 bits per heavy atom. The van der Waals surface area contributed by atoms with Crippen molar-refractivity contribution in [3.63, 3.8) is 0 Å². The number of phenols is 1. The normalized spacial score (nSPS) is 11.5. The van der Waals surface area contributed by atoms with Crippen molar-refractivity contribution >= 4 is 9.84 Å². The Morgan fingerprint density at radius 2 is 2.16 bits per heavy atom. The van der Waals surface area contributed by atoms with Crippen LogP contribution in [-0.4, -0.2) is 37.0 Å². The van der Waals surface area contributed by atoms with Crippen LogP contribution in [0.15, 0.2) is 22.7 Å². The van der Waals surface area contributed by atoms with Gasteiger partial charge in [0.15, 0.2) is 27.2 Å². The summed E-state index contributed by atoms with van der Waals surface area (Å²) in [5, 5.41) is 13.5. The van der Waals surface area contributed by atoms with E-state index in [9.17, 15) is 13.5 Å². The van der Waals surface area contributed by atoms with E-state index in [-0.39, 0.29) is 34.5 Å². The highest BCUT2D eigenvalue weighted by Gasteiger charge is 2.17. The summed E-state index contributed by atoms with van der Waals surface area (Å²) in [7, 11) is -1.82. The first-order valence-corrected chi connectivity index (χ1v) is 7.33. The van der Waals surface area contributed by atoms with Crippen LogP contribution in [-0.2, 0) is 15.6 Å². The zero-order chi connectivity index (χ0) is 14.0. The minimum Gasteiger partial charge on any atom is -0.504 e. The first kappa shape index (κ1) is 13.3. The van der Waals surface area contributed by atoms with Gasteiger partial charge >= 0.3 is 0 Å². The van der Waals surface area contributed by atoms with E-state index in [1.54, 1.807) is 18.2 Å². The van der Waals surface area contributed by atoms with Crippen molar-refractivity contribution in [2.24, 2.45) is 0 Å². The summed E-state index contributed by atoms with van der Waals surface area (Å²) in [6.07, 6.45) is 1.08. The lowest BCUT2D eigenvalue weighted by Crippen LogP contribution is -2.02. The largest absolute Gasteiger partial charge is 0.504 e. The molecule has 0 aliphatic rings. The number of phenolic OH excluding ortho intramolecular Hbond substituents is 1. The number of sulfone groups is 1. The van der Waals surface area contributed by atoms with Crippen LogP contribution in [0, 0.1) is 0 Å². The van der Waals surface area contributed by atoms with Crippen molar-refractivity contribution in [3.8, 4) is 23.0 Å². The molecule has 8 heteroatoms. The van der Waals surface area contributed by atoms with Crippen molar-refractivity contribution in [2.45, 2.75) is 5.75 Å². The van der Waals surface area contributed by atoms with Gasteiger partial charge in [0.05, 0.1) is 12.7 Å². The molecule has 0 radical (unpaired) electrons. The minimum atomic E-state index is -3.24. The summed E-state index contributed by atoms with van der Waals surface area (Å²) in [6.45, 7) is 0. The zero-order valence-electron chi connectivity index (χ0n) is 10.3. The number of hydrogen-bond acceptors (Lipinski definition) is 7. The van der Waals surface area contributed by atoms with Crippen molar-refractivity contribution in [2.75, 3.05) is 13.4 Å². The predicted octanol–water partition coefficient (Wildman–Crippen LogP) is 0.995. The number of hydrogen-bond donors (Lipinski definition) is 1. The van der Waals surface area contributed by atoms with E-state index in [0.29, 0.717) is 0 Å². The molecule has 0 bridgehead atoms. The lowest BCUT2D eigenvalue weighted by molar-refractivity contribution is 0.371. The molecule has 0 amide bonds. The Bertz CT molecular complexity index is 693. The Balaban J connectivity index is 2.38. The fourth-order valence-corrected chi connectivity index (χ4v) is 2.10. The molecular formula is C11H12N2O5S. The SMILES string of the molecule is COc1cccc(-c2nc(CS(C)(=O)=O)no2)c1O. The number of rotatable bonds is 4. The quantitative estimate of drug-likeness (QED) is 0.893. The fourth-order valence-electron chi connectivity index (χ4n) is 1.52. The van der Waals surface area contributed by atoms with Gasteiger partial charge in [0, 0.05) is 6.26 Å². The second-order valence-corrected chi connectivity index (χ2v) is 6.08. The first-order valence-electron chi connectivity index (χ1n) is 5.27. The molecule has 1 aromatic heterocycles. The van der Waals surface area contributed by atoms with Crippen LogP contribution in [0.5, 0.6) is 11.5 Å². The van der Waals surface area contributed by atoms with Gasteiger partial charge in [-0.3, -0.25) is 0 Å². The maximum absolute atomic E-state index is 11.1. The first-order chi connectivity index (χ1) is 8.90. The van der Waals surface area contributed by atoms with Crippen molar-refractivity contribution < 1.29 is 22.8 Å². The van der Waals surface area contributed by atoms with Gasteiger partial charge in [-0.2, -0.15) is 4.98 Å². The van der Waals surface area contributed by atoms with Gasteiger partial charge in [0.25, 0.3) is 5.89 Å². The Labute approximate surface area is 109 Å². The second kappa shape index (κ2) is 4.88. The molecule has 0 saturated heterocycles. The minimum absolute atomic E-state index is 0.0371. The summed E-state index contributed by atoms with van der Waals surface area (Å²) in [6, 6.07) is 4.79. The van der Waals surface area contributed by atoms with Crippen molar-refractivity contribution in [1.29, 1.82) is 0 Å². The summed E-state index contributed by atoms with van der Waals surface area (Å²) in [5.41, 5.74) is 0.284. The molecule has 1 aromatic carbocycles. The number of aromatic nitrogens is 2. The van der Waals surface area contributed by atoms with Crippen LogP contribution >= 0.6 is 0 Å². The number of benzene rings is 1. The Hall–Kier alpha value is -2.09. The van der Waals surface area contributed by atoms with Crippen LogP contribution in [0.4, 0.5) is 0 Å². The van der Waals surface area contributed by atoms with E-state index in [4.69, 9.17) is 9.26 Å². The van der Waals surface area contributed by atoms with Crippen molar-refractivity contribution in [3.05, 3.63) is 24.0 Å². The van der Waals surface area contributed by atoms with Crippen LogP contribution in [0.3, 0.4) is 0 Å². The lowest BCUT2D eigenvalue weighted by atomic mass is 10.2. The fraction of sp³-hybridized carbons (Fsp3) is 0.273. The molecule has 102 valence electrons. The molecule has 0 unspecified atom stereocenters. The van der Waals surface area contributed by atoms with Gasteiger partial charge in [-0.15, -0.1) is 0 Å². The van der Waals surface area contributed by atoms with E-state index in [1.807, 2.05) is 0 Å². The standard InChI is InChI=1S/C11H12N2O5S/c1-17-8-5-3-4-7(10(8)14)11-12-9(13-18-11)6-19(2,15)16/h3-5,14H,6H2,1-2H3. The molecule has 0 spiro atoms. The summed E-state index contributed by atoms with van der Waals surface area (Å²) >= 11 is 0. The summed E-state index contributed by atoms with van der Waals surface area (Å²) < 4.78 is 32.1. The number of nitrogens with zero attached hydrogens (tertiary/aromatic N) is 2. The van der Waals surface area contributed by atoms with Gasteiger partial charge in [0.1, 0.15) is 5.75 Å². The molecule has 7 nitrogen and oxygen atoms in total. The highest BCUT2D eigenvalue weighted by molar-refractivity contribution is 7.89. The van der Waals surface area contributed by atoms with Crippen LogP contribution in [0.1, 0.15) is 5.82 Å². The molecule has 2 aromatic rings. The molecular weight excluding hydrogens is 272 g/mol. The summed E-state index contributed by atoms with van der Waals surface area (Å²) in [4.78, 5) is 3.93. The second-order valence-electron chi connectivity index (χ2n) is 3.94. The van der Waals surface area contributed by atoms with Gasteiger partial charge in [-0.05, 0) is 12.1 Å². The maximum Gasteiger partial charge on any atom is 0.261 e. The van der Waals surface area contributed by atoms with Crippen molar-refractivity contribution in [1.82, 2.24) is 10.1 Å². The average Bonchev–Trinajstić information content (AvgIpc) is 2.75. The summed E-state index contributed by atoms with van der Waals surface area (Å²) in [5.74, 6) is -0.115. The molecule has 0 aliphatic heterocycles. The third-order valence-electron chi connectivity index (χ3n) is 2.31. The van der Waals surface area contributed by atoms with E-state index >= 15 is 0 Å². The highest BCUT2D eigenvalue weighted by atomic mass is 32.2. The number of methoxy groups -OCH3 is 1. The van der Waals surface area contributed by atoms with Gasteiger partial charge in [-0.25, -0.2) is 8.42 Å². The molecule has 2 rings (SSSR count). The zero-order valence-corrected chi connectivity index (χ0v) is 11.1. The van der Waals surface area contributed by atoms with Gasteiger partial charge < -0.3 is 14.4 Å². The van der Waals surface area contributed by atoms with Gasteiger partial charge in [0.2, 0.25) is 0 Å². The molecule has 0 fully saturated rings. The van der Waals surface area contributed by atoms with Gasteiger partial charge in [-0.1, -0.05) is 11.2 Å². The van der Waals surface area contributed by atoms with Crippen LogP contribution in [0.25, 0.3) is 11.5 Å².